The van der Waals surface area contributed by atoms with E-state index in [1.807, 2.05) is 26.0 Å². The molecule has 21 heavy (non-hydrogen) atoms. The van der Waals surface area contributed by atoms with E-state index < -0.39 is 0 Å². The first-order valence-corrected chi connectivity index (χ1v) is 7.33. The Bertz CT molecular complexity index is 661. The molecule has 2 rings (SSSR count). The Kier molecular flexibility index (Phi) is 4.98. The topological polar surface area (TPSA) is 47.3 Å². The largest absolute Gasteiger partial charge is 0.496 e. The molecule has 0 spiro atoms. The molecule has 112 valence electrons. The molecule has 0 aliphatic heterocycles. The van der Waals surface area contributed by atoms with Crippen molar-refractivity contribution in [3.05, 3.63) is 62.9 Å². The second-order valence-electron chi connectivity index (χ2n) is 4.95. The third-order valence-corrected chi connectivity index (χ3v) is 4.15. The third kappa shape index (κ3) is 3.26. The van der Waals surface area contributed by atoms with Crippen LogP contribution in [-0.4, -0.2) is 7.11 Å². The fraction of sp³-hybridized carbons (Fsp3) is 0.250. The molecular weight excluding hydrogens is 335 g/mol. The lowest BCUT2D eigenvalue weighted by Gasteiger charge is -2.21. The van der Waals surface area contributed by atoms with Crippen LogP contribution in [0.25, 0.3) is 0 Å². The maximum absolute atomic E-state index is 13.4. The van der Waals surface area contributed by atoms with Crippen LogP contribution in [0, 0.1) is 19.7 Å². The van der Waals surface area contributed by atoms with Crippen LogP contribution in [0.5, 0.6) is 5.75 Å². The Morgan fingerprint density at radius 2 is 1.90 bits per heavy atom. The highest BCUT2D eigenvalue weighted by Gasteiger charge is 2.17. The number of rotatable bonds is 4. The molecule has 1 unspecified atom stereocenters. The van der Waals surface area contributed by atoms with Crippen LogP contribution in [0.15, 0.2) is 34.8 Å². The molecule has 1 atom stereocenters. The van der Waals surface area contributed by atoms with Gasteiger partial charge in [-0.3, -0.25) is 5.84 Å². The smallest absolute Gasteiger partial charge is 0.137 e. The fourth-order valence-corrected chi connectivity index (χ4v) is 2.80. The predicted octanol–water partition coefficient (Wildman–Crippen LogP) is 3.77. The summed E-state index contributed by atoms with van der Waals surface area (Å²) in [6, 6.07) is 8.69. The van der Waals surface area contributed by atoms with Gasteiger partial charge in [-0.1, -0.05) is 12.1 Å². The van der Waals surface area contributed by atoms with Gasteiger partial charge in [0, 0.05) is 0 Å². The molecule has 5 heteroatoms. The lowest BCUT2D eigenvalue weighted by molar-refractivity contribution is 0.411. The van der Waals surface area contributed by atoms with E-state index in [1.54, 1.807) is 19.2 Å². The molecule has 3 N–H and O–H groups in total. The normalized spacial score (nSPS) is 12.3. The number of hydrogen-bond donors (Lipinski definition) is 2. The summed E-state index contributed by atoms with van der Waals surface area (Å²) in [6.07, 6.45) is 0. The second-order valence-corrected chi connectivity index (χ2v) is 5.81. The van der Waals surface area contributed by atoms with Crippen molar-refractivity contribution in [2.75, 3.05) is 7.11 Å². The minimum absolute atomic E-state index is 0.216. The van der Waals surface area contributed by atoms with E-state index in [0.29, 0.717) is 4.47 Å². The molecule has 0 aliphatic rings. The zero-order valence-corrected chi connectivity index (χ0v) is 13.8. The molecule has 0 heterocycles. The van der Waals surface area contributed by atoms with Gasteiger partial charge in [0.05, 0.1) is 17.6 Å². The number of benzene rings is 2. The van der Waals surface area contributed by atoms with Crippen LogP contribution in [0.4, 0.5) is 4.39 Å². The van der Waals surface area contributed by atoms with Crippen molar-refractivity contribution in [2.24, 2.45) is 5.84 Å². The average Bonchev–Trinajstić information content (AvgIpc) is 2.46. The highest BCUT2D eigenvalue weighted by molar-refractivity contribution is 9.10. The minimum atomic E-state index is -0.294. The number of nitrogens with two attached hydrogens (primary N) is 1. The summed E-state index contributed by atoms with van der Waals surface area (Å²) < 4.78 is 19.1. The Morgan fingerprint density at radius 1 is 1.19 bits per heavy atom. The van der Waals surface area contributed by atoms with E-state index in [2.05, 4.69) is 21.4 Å². The predicted molar refractivity (Wildman–Crippen MR) is 85.7 cm³/mol. The van der Waals surface area contributed by atoms with Crippen molar-refractivity contribution in [3.8, 4) is 5.75 Å². The number of ether oxygens (including phenoxy) is 1. The van der Waals surface area contributed by atoms with Gasteiger partial charge in [0.2, 0.25) is 0 Å². The molecule has 0 saturated heterocycles. The monoisotopic (exact) mass is 352 g/mol. The van der Waals surface area contributed by atoms with Crippen LogP contribution in [0.2, 0.25) is 0 Å². The Hall–Kier alpha value is -1.43. The molecule has 2 aromatic carbocycles. The first-order chi connectivity index (χ1) is 9.97. The van der Waals surface area contributed by atoms with Crippen molar-refractivity contribution in [3.63, 3.8) is 0 Å². The molecule has 0 radical (unpaired) electrons. The molecule has 0 aromatic heterocycles. The number of nitrogens with one attached hydrogen (secondary N) is 1. The SMILES string of the molecule is COc1cc(C)c(C(NN)c2ccc(F)c(Br)c2)cc1C. The summed E-state index contributed by atoms with van der Waals surface area (Å²) in [5.74, 6) is 6.27. The van der Waals surface area contributed by atoms with E-state index in [-0.39, 0.29) is 11.9 Å². The summed E-state index contributed by atoms with van der Waals surface area (Å²) >= 11 is 3.21. The quantitative estimate of drug-likeness (QED) is 0.650. The maximum atomic E-state index is 13.4. The van der Waals surface area contributed by atoms with Crippen LogP contribution in [-0.2, 0) is 0 Å². The van der Waals surface area contributed by atoms with Crippen LogP contribution < -0.4 is 16.0 Å². The van der Waals surface area contributed by atoms with Crippen LogP contribution in [0.1, 0.15) is 28.3 Å². The van der Waals surface area contributed by atoms with Crippen LogP contribution >= 0.6 is 15.9 Å². The molecule has 2 aromatic rings. The standard InChI is InChI=1S/C16H18BrFN2O/c1-9-7-15(21-3)10(2)6-12(9)16(20-19)11-4-5-14(18)13(17)8-11/h4-8,16,20H,19H2,1-3H3. The van der Waals surface area contributed by atoms with Gasteiger partial charge in [-0.15, -0.1) is 0 Å². The summed E-state index contributed by atoms with van der Waals surface area (Å²) in [5, 5.41) is 0. The van der Waals surface area contributed by atoms with Crippen molar-refractivity contribution < 1.29 is 9.13 Å². The van der Waals surface area contributed by atoms with Crippen molar-refractivity contribution in [1.82, 2.24) is 5.43 Å². The van der Waals surface area contributed by atoms with E-state index in [1.165, 1.54) is 6.07 Å². The van der Waals surface area contributed by atoms with Gasteiger partial charge in [0.1, 0.15) is 11.6 Å². The van der Waals surface area contributed by atoms with Gasteiger partial charge < -0.3 is 4.74 Å². The van der Waals surface area contributed by atoms with Gasteiger partial charge in [0.25, 0.3) is 0 Å². The maximum Gasteiger partial charge on any atom is 0.137 e. The van der Waals surface area contributed by atoms with Crippen molar-refractivity contribution >= 4 is 15.9 Å². The molecule has 3 nitrogen and oxygen atoms in total. The molecular formula is C16H18BrFN2O. The number of halogens is 2. The third-order valence-electron chi connectivity index (χ3n) is 3.54. The molecule has 0 saturated carbocycles. The highest BCUT2D eigenvalue weighted by atomic mass is 79.9. The molecule has 0 amide bonds. The van der Waals surface area contributed by atoms with E-state index in [0.717, 1.165) is 28.0 Å². The lowest BCUT2D eigenvalue weighted by atomic mass is 9.93. The van der Waals surface area contributed by atoms with E-state index in [9.17, 15) is 4.39 Å². The van der Waals surface area contributed by atoms with Gasteiger partial charge in [-0.05, 0) is 70.2 Å². The minimum Gasteiger partial charge on any atom is -0.496 e. The number of hydrazine groups is 1. The van der Waals surface area contributed by atoms with Gasteiger partial charge >= 0.3 is 0 Å². The first-order valence-electron chi connectivity index (χ1n) is 6.54. The summed E-state index contributed by atoms with van der Waals surface area (Å²) in [7, 11) is 1.65. The van der Waals surface area contributed by atoms with Crippen molar-refractivity contribution in [2.45, 2.75) is 19.9 Å². The molecule has 0 bridgehead atoms. The lowest BCUT2D eigenvalue weighted by Crippen LogP contribution is -2.29. The van der Waals surface area contributed by atoms with Gasteiger partial charge in [-0.25, -0.2) is 9.82 Å². The fourth-order valence-electron chi connectivity index (χ4n) is 2.40. The molecule has 0 fully saturated rings. The Balaban J connectivity index is 2.50. The summed E-state index contributed by atoms with van der Waals surface area (Å²) in [6.45, 7) is 3.98. The number of methoxy groups -OCH3 is 1. The first kappa shape index (κ1) is 15.9. The van der Waals surface area contributed by atoms with Crippen molar-refractivity contribution in [1.29, 1.82) is 0 Å². The summed E-state index contributed by atoms with van der Waals surface area (Å²) in [4.78, 5) is 0. The number of aryl methyl sites for hydroxylation is 2. The summed E-state index contributed by atoms with van der Waals surface area (Å²) in [5.41, 5.74) is 6.81. The zero-order valence-electron chi connectivity index (χ0n) is 12.2. The van der Waals surface area contributed by atoms with Gasteiger partial charge in [-0.2, -0.15) is 0 Å². The average molecular weight is 353 g/mol. The van der Waals surface area contributed by atoms with E-state index in [4.69, 9.17) is 10.6 Å². The van der Waals surface area contributed by atoms with Crippen LogP contribution in [0.3, 0.4) is 0 Å². The highest BCUT2D eigenvalue weighted by Crippen LogP contribution is 2.31. The Morgan fingerprint density at radius 3 is 2.48 bits per heavy atom. The molecule has 0 aliphatic carbocycles. The van der Waals surface area contributed by atoms with E-state index >= 15 is 0 Å². The second kappa shape index (κ2) is 6.56. The number of hydrogen-bond acceptors (Lipinski definition) is 3. The zero-order chi connectivity index (χ0) is 15.6. The Labute approximate surface area is 132 Å². The van der Waals surface area contributed by atoms with Gasteiger partial charge in [0.15, 0.2) is 0 Å².